The maximum Gasteiger partial charge on any atom is 0.254 e. The van der Waals surface area contributed by atoms with Gasteiger partial charge >= 0.3 is 0 Å². The third-order valence-electron chi connectivity index (χ3n) is 4.28. The van der Waals surface area contributed by atoms with E-state index in [-0.39, 0.29) is 11.7 Å². The second-order valence-corrected chi connectivity index (χ2v) is 7.63. The van der Waals surface area contributed by atoms with Crippen LogP contribution in [0.15, 0.2) is 54.6 Å². The number of carbonyl (C=O) groups is 1. The molecule has 0 saturated heterocycles. The fourth-order valence-electron chi connectivity index (χ4n) is 3.00. The third-order valence-corrected chi connectivity index (χ3v) is 5.02. The predicted molar refractivity (Wildman–Crippen MR) is 101 cm³/mol. The molecule has 0 aliphatic carbocycles. The van der Waals surface area contributed by atoms with Crippen LogP contribution >= 0.6 is 0 Å². The SMILES string of the molecule is C[S@](=O)Cc1cccc(C(=O)N2CC=C(c3ccc(O)cc3)CC2)c1. The smallest absolute Gasteiger partial charge is 0.254 e. The summed E-state index contributed by atoms with van der Waals surface area (Å²) in [7, 11) is -0.923. The number of phenolic OH excluding ortho intramolecular Hbond substituents is 1. The molecule has 1 atom stereocenters. The summed E-state index contributed by atoms with van der Waals surface area (Å²) in [4.78, 5) is 14.5. The summed E-state index contributed by atoms with van der Waals surface area (Å²) in [5, 5.41) is 9.38. The van der Waals surface area contributed by atoms with E-state index in [1.807, 2.05) is 41.3 Å². The van der Waals surface area contributed by atoms with E-state index in [9.17, 15) is 14.1 Å². The van der Waals surface area contributed by atoms with E-state index < -0.39 is 10.8 Å². The van der Waals surface area contributed by atoms with Crippen LogP contribution in [0.1, 0.15) is 27.9 Å². The summed E-state index contributed by atoms with van der Waals surface area (Å²) in [5.74, 6) is 0.723. The van der Waals surface area contributed by atoms with Crippen molar-refractivity contribution in [3.8, 4) is 5.75 Å². The fraction of sp³-hybridized carbons (Fsp3) is 0.250. The zero-order valence-corrected chi connectivity index (χ0v) is 15.0. The van der Waals surface area contributed by atoms with E-state index in [1.165, 1.54) is 5.57 Å². The monoisotopic (exact) mass is 355 g/mol. The Morgan fingerprint density at radius 3 is 2.60 bits per heavy atom. The number of rotatable bonds is 4. The number of nitrogens with zero attached hydrogens (tertiary/aromatic N) is 1. The number of phenols is 1. The van der Waals surface area contributed by atoms with E-state index in [0.29, 0.717) is 24.4 Å². The van der Waals surface area contributed by atoms with Gasteiger partial charge in [0, 0.05) is 41.5 Å². The van der Waals surface area contributed by atoms with Crippen LogP contribution in [0.3, 0.4) is 0 Å². The lowest BCUT2D eigenvalue weighted by Crippen LogP contribution is -2.34. The molecule has 0 unspecified atom stereocenters. The van der Waals surface area contributed by atoms with Crippen LogP contribution in [0, 0.1) is 0 Å². The van der Waals surface area contributed by atoms with Gasteiger partial charge in [-0.2, -0.15) is 0 Å². The fourth-order valence-corrected chi connectivity index (χ4v) is 3.65. The lowest BCUT2D eigenvalue weighted by atomic mass is 9.99. The summed E-state index contributed by atoms with van der Waals surface area (Å²) in [5.41, 5.74) is 3.84. The van der Waals surface area contributed by atoms with Gasteiger partial charge in [-0.25, -0.2) is 0 Å². The van der Waals surface area contributed by atoms with E-state index in [1.54, 1.807) is 18.4 Å². The van der Waals surface area contributed by atoms with Crippen molar-refractivity contribution in [2.75, 3.05) is 19.3 Å². The van der Waals surface area contributed by atoms with Gasteiger partial charge in [-0.05, 0) is 47.4 Å². The molecule has 1 aliphatic rings. The summed E-state index contributed by atoms with van der Waals surface area (Å²) in [6.07, 6.45) is 4.52. The van der Waals surface area contributed by atoms with E-state index in [0.717, 1.165) is 17.5 Å². The molecule has 1 aliphatic heterocycles. The molecule has 0 fully saturated rings. The van der Waals surface area contributed by atoms with Crippen molar-refractivity contribution >= 4 is 22.3 Å². The molecule has 0 radical (unpaired) electrons. The Hall–Kier alpha value is -2.40. The summed E-state index contributed by atoms with van der Waals surface area (Å²) >= 11 is 0. The number of benzene rings is 2. The Balaban J connectivity index is 1.71. The van der Waals surface area contributed by atoms with Crippen molar-refractivity contribution in [2.24, 2.45) is 0 Å². The number of carbonyl (C=O) groups excluding carboxylic acids is 1. The highest BCUT2D eigenvalue weighted by Crippen LogP contribution is 2.24. The van der Waals surface area contributed by atoms with Gasteiger partial charge in [-0.3, -0.25) is 9.00 Å². The molecule has 1 N–H and O–H groups in total. The zero-order chi connectivity index (χ0) is 17.8. The Morgan fingerprint density at radius 2 is 1.96 bits per heavy atom. The van der Waals surface area contributed by atoms with Crippen LogP contribution in [-0.2, 0) is 16.6 Å². The summed E-state index contributed by atoms with van der Waals surface area (Å²) in [6, 6.07) is 14.5. The Labute approximate surface area is 150 Å². The van der Waals surface area contributed by atoms with E-state index in [4.69, 9.17) is 0 Å². The number of aromatic hydroxyl groups is 1. The molecular weight excluding hydrogens is 334 g/mol. The Morgan fingerprint density at radius 1 is 1.20 bits per heavy atom. The van der Waals surface area contributed by atoms with Gasteiger partial charge in [-0.15, -0.1) is 0 Å². The third kappa shape index (κ3) is 4.37. The normalized spacial score (nSPS) is 15.6. The average Bonchev–Trinajstić information content (AvgIpc) is 2.62. The maximum absolute atomic E-state index is 12.7. The minimum absolute atomic E-state index is 0.00439. The largest absolute Gasteiger partial charge is 0.508 e. The van der Waals surface area contributed by atoms with Crippen LogP contribution in [0.2, 0.25) is 0 Å². The highest BCUT2D eigenvalue weighted by molar-refractivity contribution is 7.83. The van der Waals surface area contributed by atoms with Gasteiger partial charge in [-0.1, -0.05) is 30.3 Å². The average molecular weight is 355 g/mol. The van der Waals surface area contributed by atoms with Gasteiger partial charge in [0.05, 0.1) is 0 Å². The minimum atomic E-state index is -0.923. The van der Waals surface area contributed by atoms with Crippen molar-refractivity contribution < 1.29 is 14.1 Å². The van der Waals surface area contributed by atoms with Gasteiger partial charge < -0.3 is 10.0 Å². The highest BCUT2D eigenvalue weighted by Gasteiger charge is 2.19. The van der Waals surface area contributed by atoms with Crippen molar-refractivity contribution in [1.82, 2.24) is 4.90 Å². The van der Waals surface area contributed by atoms with Crippen LogP contribution < -0.4 is 0 Å². The molecule has 0 bridgehead atoms. The topological polar surface area (TPSA) is 57.6 Å². The van der Waals surface area contributed by atoms with Crippen LogP contribution in [0.25, 0.3) is 5.57 Å². The molecule has 1 amide bonds. The predicted octanol–water partition coefficient (Wildman–Crippen LogP) is 3.20. The van der Waals surface area contributed by atoms with Gasteiger partial charge in [0.15, 0.2) is 0 Å². The summed E-state index contributed by atoms with van der Waals surface area (Å²) < 4.78 is 11.4. The maximum atomic E-state index is 12.7. The molecule has 4 nitrogen and oxygen atoms in total. The zero-order valence-electron chi connectivity index (χ0n) is 14.1. The highest BCUT2D eigenvalue weighted by atomic mass is 32.2. The first kappa shape index (κ1) is 17.4. The molecule has 0 saturated carbocycles. The quantitative estimate of drug-likeness (QED) is 0.916. The second kappa shape index (κ2) is 7.66. The lowest BCUT2D eigenvalue weighted by Gasteiger charge is -2.27. The lowest BCUT2D eigenvalue weighted by molar-refractivity contribution is 0.0773. The van der Waals surface area contributed by atoms with E-state index in [2.05, 4.69) is 6.08 Å². The first-order valence-corrected chi connectivity index (χ1v) is 9.92. The molecule has 130 valence electrons. The molecule has 2 aromatic carbocycles. The van der Waals surface area contributed by atoms with Crippen molar-refractivity contribution in [1.29, 1.82) is 0 Å². The number of amides is 1. The first-order chi connectivity index (χ1) is 12.0. The molecular formula is C20H21NO3S. The number of hydrogen-bond acceptors (Lipinski definition) is 3. The first-order valence-electron chi connectivity index (χ1n) is 8.19. The van der Waals surface area contributed by atoms with Gasteiger partial charge in [0.25, 0.3) is 5.91 Å². The van der Waals surface area contributed by atoms with Crippen molar-refractivity contribution in [3.05, 3.63) is 71.3 Å². The van der Waals surface area contributed by atoms with Gasteiger partial charge in [0.1, 0.15) is 5.75 Å². The molecule has 25 heavy (non-hydrogen) atoms. The minimum Gasteiger partial charge on any atom is -0.508 e. The Bertz CT molecular complexity index is 827. The van der Waals surface area contributed by atoms with Crippen LogP contribution in [0.5, 0.6) is 5.75 Å². The molecule has 5 heteroatoms. The molecule has 0 spiro atoms. The van der Waals surface area contributed by atoms with Gasteiger partial charge in [0.2, 0.25) is 0 Å². The molecule has 0 aromatic heterocycles. The number of hydrogen-bond donors (Lipinski definition) is 1. The van der Waals surface area contributed by atoms with Crippen molar-refractivity contribution in [2.45, 2.75) is 12.2 Å². The van der Waals surface area contributed by atoms with Crippen molar-refractivity contribution in [3.63, 3.8) is 0 Å². The Kier molecular flexibility index (Phi) is 5.34. The van der Waals surface area contributed by atoms with E-state index >= 15 is 0 Å². The molecule has 1 heterocycles. The molecule has 2 aromatic rings. The van der Waals surface area contributed by atoms with Crippen LogP contribution in [-0.4, -0.2) is 39.5 Å². The second-order valence-electron chi connectivity index (χ2n) is 6.20. The standard InChI is InChI=1S/C20H21NO3S/c1-25(24)14-15-3-2-4-18(13-15)20(23)21-11-9-17(10-12-21)16-5-7-19(22)8-6-16/h2-9,13,22H,10-12,14H2,1H3/t25-/m0/s1. The molecule has 3 rings (SSSR count). The van der Waals surface area contributed by atoms with Crippen LogP contribution in [0.4, 0.5) is 0 Å². The summed E-state index contributed by atoms with van der Waals surface area (Å²) in [6.45, 7) is 1.23.